The second kappa shape index (κ2) is 10.9. The van der Waals surface area contributed by atoms with E-state index in [1.165, 1.54) is 12.1 Å². The van der Waals surface area contributed by atoms with Gasteiger partial charge in [-0.3, -0.25) is 9.59 Å². The first-order chi connectivity index (χ1) is 17.1. The lowest BCUT2D eigenvalue weighted by atomic mass is 9.90. The Bertz CT molecular complexity index is 1270. The number of carbonyl (C=O) groups is 2. The van der Waals surface area contributed by atoms with Crippen LogP contribution in [0.4, 0.5) is 18.9 Å². The molecule has 36 heavy (non-hydrogen) atoms. The Hall–Kier alpha value is -3.13. The van der Waals surface area contributed by atoms with E-state index in [9.17, 15) is 22.8 Å². The Morgan fingerprint density at radius 1 is 1.03 bits per heavy atom. The number of carbonyl (C=O) groups excluding carboxylic acids is 2. The van der Waals surface area contributed by atoms with Crippen LogP contribution in [0.2, 0.25) is 5.02 Å². The van der Waals surface area contributed by atoms with Crippen LogP contribution in [0, 0.1) is 0 Å². The van der Waals surface area contributed by atoms with Crippen molar-refractivity contribution in [1.82, 2.24) is 10.3 Å². The van der Waals surface area contributed by atoms with Crippen molar-refractivity contribution in [3.63, 3.8) is 0 Å². The van der Waals surface area contributed by atoms with Gasteiger partial charge in [0, 0.05) is 46.6 Å². The number of hydrogen-bond donors (Lipinski definition) is 2. The number of benzene rings is 2. The summed E-state index contributed by atoms with van der Waals surface area (Å²) in [4.78, 5) is 28.2. The van der Waals surface area contributed by atoms with Crippen molar-refractivity contribution >= 4 is 39.9 Å². The number of aromatic nitrogens is 1. The number of rotatable bonds is 7. The van der Waals surface area contributed by atoms with Crippen LogP contribution in [0.5, 0.6) is 0 Å². The third kappa shape index (κ3) is 6.35. The first-order valence-electron chi connectivity index (χ1n) is 12.0. The fourth-order valence-corrected chi connectivity index (χ4v) is 4.68. The Kier molecular flexibility index (Phi) is 7.83. The molecule has 0 saturated heterocycles. The number of pyridine rings is 1. The highest BCUT2D eigenvalue weighted by molar-refractivity contribution is 6.31. The molecule has 1 amide bonds. The van der Waals surface area contributed by atoms with Crippen LogP contribution in [0.3, 0.4) is 0 Å². The van der Waals surface area contributed by atoms with Crippen molar-refractivity contribution in [2.75, 3.05) is 5.32 Å². The van der Waals surface area contributed by atoms with Crippen molar-refractivity contribution < 1.29 is 22.8 Å². The summed E-state index contributed by atoms with van der Waals surface area (Å²) in [7, 11) is 0. The van der Waals surface area contributed by atoms with Gasteiger partial charge in [0.05, 0.1) is 5.52 Å². The molecule has 3 aromatic rings. The Balaban J connectivity index is 1.40. The van der Waals surface area contributed by atoms with Crippen molar-refractivity contribution in [1.29, 1.82) is 0 Å². The zero-order valence-electron chi connectivity index (χ0n) is 19.8. The number of halogens is 4. The van der Waals surface area contributed by atoms with Gasteiger partial charge in [-0.2, -0.15) is 13.2 Å². The van der Waals surface area contributed by atoms with E-state index in [1.54, 1.807) is 24.3 Å². The Morgan fingerprint density at radius 3 is 2.44 bits per heavy atom. The molecule has 0 atom stereocenters. The molecule has 0 bridgehead atoms. The number of hydrogen-bond acceptors (Lipinski definition) is 4. The molecule has 190 valence electrons. The third-order valence-corrected chi connectivity index (χ3v) is 6.70. The van der Waals surface area contributed by atoms with E-state index in [0.29, 0.717) is 60.2 Å². The minimum atomic E-state index is -4.56. The molecule has 9 heteroatoms. The summed E-state index contributed by atoms with van der Waals surface area (Å²) in [6, 6.07) is 12.6. The molecule has 0 radical (unpaired) electrons. The number of alkyl halides is 3. The van der Waals surface area contributed by atoms with Crippen molar-refractivity contribution in [3.05, 3.63) is 70.4 Å². The molecule has 1 aliphatic rings. The molecule has 1 aromatic heterocycles. The number of amides is 1. The standard InChI is InChI=1S/C27H27ClF3N3O2/c1-2-21(35)13-16-4-3-5-17(12-16)26(36)33-20-9-7-19(8-10-20)32-24-15-25(27(29,30)31)34-23-11-6-18(28)14-22(23)24/h3-6,11-12,14-15,19-20H,2,7-10,13H2,1H3,(H,32,34)(H,33,36). The van der Waals surface area contributed by atoms with Gasteiger partial charge in [0.25, 0.3) is 5.91 Å². The van der Waals surface area contributed by atoms with Crippen LogP contribution in [-0.2, 0) is 17.4 Å². The van der Waals surface area contributed by atoms with Crippen LogP contribution in [0.25, 0.3) is 10.9 Å². The van der Waals surface area contributed by atoms with Gasteiger partial charge in [0.2, 0.25) is 0 Å². The molecule has 2 N–H and O–H groups in total. The molecular weight excluding hydrogens is 491 g/mol. The number of anilines is 1. The molecule has 1 heterocycles. The highest BCUT2D eigenvalue weighted by Crippen LogP contribution is 2.35. The second-order valence-electron chi connectivity index (χ2n) is 9.15. The number of fused-ring (bicyclic) bond motifs is 1. The second-order valence-corrected chi connectivity index (χ2v) is 9.59. The largest absolute Gasteiger partial charge is 0.433 e. The summed E-state index contributed by atoms with van der Waals surface area (Å²) >= 11 is 6.09. The van der Waals surface area contributed by atoms with Crippen molar-refractivity contribution in [3.8, 4) is 0 Å². The van der Waals surface area contributed by atoms with Crippen molar-refractivity contribution in [2.45, 2.75) is 63.7 Å². The lowest BCUT2D eigenvalue weighted by Gasteiger charge is -2.31. The molecule has 0 aliphatic heterocycles. The number of nitrogens with one attached hydrogen (secondary N) is 2. The molecule has 5 nitrogen and oxygen atoms in total. The van der Waals surface area contributed by atoms with E-state index in [-0.39, 0.29) is 29.3 Å². The fraction of sp³-hybridized carbons (Fsp3) is 0.370. The van der Waals surface area contributed by atoms with E-state index >= 15 is 0 Å². The fourth-order valence-electron chi connectivity index (χ4n) is 4.51. The Labute approximate surface area is 212 Å². The minimum absolute atomic E-state index is 0.0363. The number of ketones is 1. The van der Waals surface area contributed by atoms with E-state index < -0.39 is 11.9 Å². The van der Waals surface area contributed by atoms with E-state index in [0.717, 1.165) is 11.6 Å². The molecule has 1 aliphatic carbocycles. The summed E-state index contributed by atoms with van der Waals surface area (Å²) in [6.07, 6.45) is -1.07. The van der Waals surface area contributed by atoms with Crippen LogP contribution in [0.1, 0.15) is 60.6 Å². The summed E-state index contributed by atoms with van der Waals surface area (Å²) in [6.45, 7) is 1.81. The average molecular weight is 518 g/mol. The van der Waals surface area contributed by atoms with Gasteiger partial charge in [-0.1, -0.05) is 30.7 Å². The van der Waals surface area contributed by atoms with Gasteiger partial charge < -0.3 is 10.6 Å². The van der Waals surface area contributed by atoms with Crippen molar-refractivity contribution in [2.24, 2.45) is 0 Å². The summed E-state index contributed by atoms with van der Waals surface area (Å²) in [5.41, 5.74) is 0.937. The van der Waals surface area contributed by atoms with Gasteiger partial charge in [-0.25, -0.2) is 4.98 Å². The van der Waals surface area contributed by atoms with Crippen LogP contribution >= 0.6 is 11.6 Å². The van der Waals surface area contributed by atoms with Gasteiger partial charge >= 0.3 is 6.18 Å². The maximum Gasteiger partial charge on any atom is 0.433 e. The van der Waals surface area contributed by atoms with Crippen LogP contribution in [-0.4, -0.2) is 28.8 Å². The van der Waals surface area contributed by atoms with E-state index in [2.05, 4.69) is 15.6 Å². The summed E-state index contributed by atoms with van der Waals surface area (Å²) in [5, 5.41) is 7.26. The lowest BCUT2D eigenvalue weighted by molar-refractivity contribution is -0.140. The quantitative estimate of drug-likeness (QED) is 0.371. The SMILES string of the molecule is CCC(=O)Cc1cccc(C(=O)NC2CCC(Nc3cc(C(F)(F)F)nc4ccc(Cl)cc34)CC2)c1. The minimum Gasteiger partial charge on any atom is -0.382 e. The monoisotopic (exact) mass is 517 g/mol. The maximum atomic E-state index is 13.4. The van der Waals surface area contributed by atoms with Crippen LogP contribution < -0.4 is 10.6 Å². The zero-order valence-corrected chi connectivity index (χ0v) is 20.5. The third-order valence-electron chi connectivity index (χ3n) is 6.47. The lowest BCUT2D eigenvalue weighted by Crippen LogP contribution is -2.40. The summed E-state index contributed by atoms with van der Waals surface area (Å²) < 4.78 is 40.2. The highest BCUT2D eigenvalue weighted by Gasteiger charge is 2.34. The van der Waals surface area contributed by atoms with Gasteiger partial charge in [0.1, 0.15) is 11.5 Å². The maximum absolute atomic E-state index is 13.4. The molecule has 0 spiro atoms. The normalized spacial score (nSPS) is 18.1. The van der Waals surface area contributed by atoms with Gasteiger partial charge in [0.15, 0.2) is 0 Å². The Morgan fingerprint density at radius 2 is 1.75 bits per heavy atom. The number of nitrogens with zero attached hydrogens (tertiary/aromatic N) is 1. The summed E-state index contributed by atoms with van der Waals surface area (Å²) in [5.74, 6) is -0.0771. The zero-order chi connectivity index (χ0) is 25.9. The first-order valence-corrected chi connectivity index (χ1v) is 12.4. The smallest absolute Gasteiger partial charge is 0.382 e. The van der Waals surface area contributed by atoms with E-state index in [4.69, 9.17) is 11.6 Å². The van der Waals surface area contributed by atoms with Gasteiger partial charge in [-0.15, -0.1) is 0 Å². The molecule has 0 unspecified atom stereocenters. The molecule has 1 saturated carbocycles. The predicted octanol–water partition coefficient (Wildman–Crippen LogP) is 6.58. The highest BCUT2D eigenvalue weighted by atomic mass is 35.5. The van der Waals surface area contributed by atoms with Crippen LogP contribution in [0.15, 0.2) is 48.5 Å². The average Bonchev–Trinajstić information content (AvgIpc) is 2.84. The molecule has 2 aromatic carbocycles. The topological polar surface area (TPSA) is 71.1 Å². The molecule has 4 rings (SSSR count). The van der Waals surface area contributed by atoms with Gasteiger partial charge in [-0.05, 0) is 67.6 Å². The predicted molar refractivity (Wildman–Crippen MR) is 134 cm³/mol. The first kappa shape index (κ1) is 25.9. The molecular formula is C27H27ClF3N3O2. The van der Waals surface area contributed by atoms with E-state index in [1.807, 2.05) is 13.0 Å². The molecule has 1 fully saturated rings. The number of Topliss-reactive ketones (excluding diaryl/α,β-unsaturated/α-hetero) is 1.